The van der Waals surface area contributed by atoms with Gasteiger partial charge in [-0.1, -0.05) is 11.8 Å². The number of hydrogen-bond acceptors (Lipinski definition) is 7. The molecule has 0 aliphatic carbocycles. The summed E-state index contributed by atoms with van der Waals surface area (Å²) in [7, 11) is 0. The van der Waals surface area contributed by atoms with E-state index in [1.54, 1.807) is 6.92 Å². The number of rotatable bonds is 5. The first-order chi connectivity index (χ1) is 7.13. The van der Waals surface area contributed by atoms with E-state index in [4.69, 9.17) is 10.5 Å². The molecular formula is C8H13N3O2S2. The van der Waals surface area contributed by atoms with Crippen molar-refractivity contribution in [1.82, 2.24) is 9.36 Å². The molecule has 0 aliphatic rings. The molecule has 0 bridgehead atoms. The maximum atomic E-state index is 11.2. The van der Waals surface area contributed by atoms with Gasteiger partial charge in [0.1, 0.15) is 11.9 Å². The largest absolute Gasteiger partial charge is 0.465 e. The zero-order valence-electron chi connectivity index (χ0n) is 8.60. The second-order valence-electron chi connectivity index (χ2n) is 2.78. The van der Waals surface area contributed by atoms with Gasteiger partial charge in [-0.15, -0.1) is 0 Å². The highest BCUT2D eigenvalue weighted by Gasteiger charge is 2.15. The minimum atomic E-state index is -0.598. The van der Waals surface area contributed by atoms with Gasteiger partial charge < -0.3 is 10.5 Å². The molecule has 1 heterocycles. The molecule has 1 aromatic rings. The molecule has 5 nitrogen and oxygen atoms in total. The van der Waals surface area contributed by atoms with Crippen LogP contribution >= 0.6 is 23.3 Å². The van der Waals surface area contributed by atoms with Crippen LogP contribution in [0, 0.1) is 6.92 Å². The van der Waals surface area contributed by atoms with E-state index in [-0.39, 0.29) is 5.97 Å². The monoisotopic (exact) mass is 247 g/mol. The van der Waals surface area contributed by atoms with E-state index in [1.165, 1.54) is 23.3 Å². The highest BCUT2D eigenvalue weighted by Crippen LogP contribution is 2.20. The lowest BCUT2D eigenvalue weighted by Crippen LogP contribution is -2.34. The number of aromatic nitrogens is 2. The minimum Gasteiger partial charge on any atom is -0.465 e. The Morgan fingerprint density at radius 1 is 1.73 bits per heavy atom. The quantitative estimate of drug-likeness (QED) is 0.613. The third-order valence-electron chi connectivity index (χ3n) is 1.48. The van der Waals surface area contributed by atoms with Crippen LogP contribution in [0.25, 0.3) is 0 Å². The van der Waals surface area contributed by atoms with Gasteiger partial charge in [0.15, 0.2) is 4.34 Å². The highest BCUT2D eigenvalue weighted by atomic mass is 32.2. The van der Waals surface area contributed by atoms with Crippen molar-refractivity contribution in [2.24, 2.45) is 5.73 Å². The third kappa shape index (κ3) is 4.15. The van der Waals surface area contributed by atoms with Gasteiger partial charge >= 0.3 is 5.97 Å². The summed E-state index contributed by atoms with van der Waals surface area (Å²) >= 11 is 2.73. The lowest BCUT2D eigenvalue weighted by Gasteiger charge is -2.08. The van der Waals surface area contributed by atoms with Gasteiger partial charge in [-0.2, -0.15) is 4.37 Å². The Morgan fingerprint density at radius 3 is 3.00 bits per heavy atom. The van der Waals surface area contributed by atoms with Crippen molar-refractivity contribution in [3.8, 4) is 0 Å². The zero-order chi connectivity index (χ0) is 11.3. The van der Waals surface area contributed by atoms with E-state index in [9.17, 15) is 4.79 Å². The third-order valence-corrected chi connectivity index (χ3v) is 3.53. The highest BCUT2D eigenvalue weighted by molar-refractivity contribution is 8.01. The molecule has 1 unspecified atom stereocenters. The molecule has 84 valence electrons. The van der Waals surface area contributed by atoms with Crippen molar-refractivity contribution >= 4 is 29.3 Å². The number of esters is 1. The maximum Gasteiger partial charge on any atom is 0.323 e. The van der Waals surface area contributed by atoms with Crippen molar-refractivity contribution in [3.63, 3.8) is 0 Å². The number of thioether (sulfide) groups is 1. The average molecular weight is 247 g/mol. The van der Waals surface area contributed by atoms with E-state index >= 15 is 0 Å². The summed E-state index contributed by atoms with van der Waals surface area (Å²) in [5.74, 6) is 0.839. The van der Waals surface area contributed by atoms with Gasteiger partial charge in [-0.05, 0) is 25.4 Å². The van der Waals surface area contributed by atoms with Crippen LogP contribution in [0.1, 0.15) is 12.7 Å². The number of carbonyl (C=O) groups excluding carboxylic acids is 1. The Balaban J connectivity index is 2.33. The number of ether oxygens (including phenoxy) is 1. The van der Waals surface area contributed by atoms with Crippen LogP contribution in [0.2, 0.25) is 0 Å². The van der Waals surface area contributed by atoms with Crippen molar-refractivity contribution in [1.29, 1.82) is 0 Å². The number of nitrogens with zero attached hydrogens (tertiary/aromatic N) is 2. The molecule has 0 radical (unpaired) electrons. The SMILES string of the molecule is CCOC(=O)C(N)CSc1nc(C)ns1. The summed E-state index contributed by atoms with van der Waals surface area (Å²) in [5.41, 5.74) is 5.62. The van der Waals surface area contributed by atoms with Crippen LogP contribution in [-0.4, -0.2) is 33.7 Å². The van der Waals surface area contributed by atoms with E-state index in [0.717, 1.165) is 10.2 Å². The normalized spacial score (nSPS) is 12.5. The van der Waals surface area contributed by atoms with Gasteiger partial charge in [0.05, 0.1) is 6.61 Å². The molecule has 7 heteroatoms. The molecule has 0 aromatic carbocycles. The van der Waals surface area contributed by atoms with Crippen molar-refractivity contribution < 1.29 is 9.53 Å². The first kappa shape index (κ1) is 12.4. The molecule has 1 atom stereocenters. The topological polar surface area (TPSA) is 78.1 Å². The summed E-state index contributed by atoms with van der Waals surface area (Å²) in [6.45, 7) is 3.94. The molecule has 0 saturated carbocycles. The summed E-state index contributed by atoms with van der Waals surface area (Å²) in [4.78, 5) is 15.3. The standard InChI is InChI=1S/C8H13N3O2S2/c1-3-13-7(12)6(9)4-14-8-10-5(2)11-15-8/h6H,3-4,9H2,1-2H3. The van der Waals surface area contributed by atoms with Gasteiger partial charge in [0, 0.05) is 5.75 Å². The predicted octanol–water partition coefficient (Wildman–Crippen LogP) is 0.829. The van der Waals surface area contributed by atoms with Crippen LogP contribution in [0.5, 0.6) is 0 Å². The molecular weight excluding hydrogens is 234 g/mol. The number of carbonyl (C=O) groups is 1. The van der Waals surface area contributed by atoms with Crippen LogP contribution in [-0.2, 0) is 9.53 Å². The fourth-order valence-electron chi connectivity index (χ4n) is 0.815. The number of hydrogen-bond donors (Lipinski definition) is 1. The Labute approximate surface area is 96.6 Å². The van der Waals surface area contributed by atoms with E-state index in [2.05, 4.69) is 9.36 Å². The fourth-order valence-corrected chi connectivity index (χ4v) is 2.42. The smallest absolute Gasteiger partial charge is 0.323 e. The second kappa shape index (κ2) is 6.04. The Bertz CT molecular complexity index is 329. The lowest BCUT2D eigenvalue weighted by molar-refractivity contribution is -0.144. The molecule has 15 heavy (non-hydrogen) atoms. The summed E-state index contributed by atoms with van der Waals surface area (Å²) in [6.07, 6.45) is 0. The van der Waals surface area contributed by atoms with E-state index in [0.29, 0.717) is 12.4 Å². The first-order valence-corrected chi connectivity index (χ1v) is 6.24. The summed E-state index contributed by atoms with van der Waals surface area (Å²) in [6, 6.07) is -0.598. The Hall–Kier alpha value is -0.660. The molecule has 0 saturated heterocycles. The first-order valence-electron chi connectivity index (χ1n) is 4.48. The van der Waals surface area contributed by atoms with Gasteiger partial charge in [-0.25, -0.2) is 4.98 Å². The average Bonchev–Trinajstić information content (AvgIpc) is 2.61. The Morgan fingerprint density at radius 2 is 2.47 bits per heavy atom. The van der Waals surface area contributed by atoms with Crippen LogP contribution in [0.3, 0.4) is 0 Å². The number of nitrogens with two attached hydrogens (primary N) is 1. The van der Waals surface area contributed by atoms with Crippen molar-refractivity contribution in [2.45, 2.75) is 24.2 Å². The molecule has 0 amide bonds. The van der Waals surface area contributed by atoms with Crippen LogP contribution < -0.4 is 5.73 Å². The maximum absolute atomic E-state index is 11.2. The predicted molar refractivity (Wildman–Crippen MR) is 60.0 cm³/mol. The zero-order valence-corrected chi connectivity index (χ0v) is 10.2. The van der Waals surface area contributed by atoms with Crippen molar-refractivity contribution in [2.75, 3.05) is 12.4 Å². The van der Waals surface area contributed by atoms with E-state index in [1.807, 2.05) is 6.92 Å². The fraction of sp³-hybridized carbons (Fsp3) is 0.625. The lowest BCUT2D eigenvalue weighted by atomic mass is 10.4. The van der Waals surface area contributed by atoms with Crippen LogP contribution in [0.15, 0.2) is 4.34 Å². The molecule has 1 rings (SSSR count). The van der Waals surface area contributed by atoms with Gasteiger partial charge in [0.25, 0.3) is 0 Å². The summed E-state index contributed by atoms with van der Waals surface area (Å²) in [5, 5.41) is 0. The van der Waals surface area contributed by atoms with Gasteiger partial charge in [0.2, 0.25) is 0 Å². The molecule has 0 aliphatic heterocycles. The molecule has 0 fully saturated rings. The van der Waals surface area contributed by atoms with E-state index < -0.39 is 6.04 Å². The molecule has 1 aromatic heterocycles. The Kier molecular flexibility index (Phi) is 5.00. The second-order valence-corrected chi connectivity index (χ2v) is 4.80. The van der Waals surface area contributed by atoms with Crippen LogP contribution in [0.4, 0.5) is 0 Å². The summed E-state index contributed by atoms with van der Waals surface area (Å²) < 4.78 is 9.64. The minimum absolute atomic E-state index is 0.356. The molecule has 0 spiro atoms. The van der Waals surface area contributed by atoms with Gasteiger partial charge in [-0.3, -0.25) is 4.79 Å². The van der Waals surface area contributed by atoms with Crippen molar-refractivity contribution in [3.05, 3.63) is 5.82 Å². The molecule has 2 N–H and O–H groups in total. The number of aryl methyl sites for hydroxylation is 1.